The number of thiophene rings is 1. The van der Waals surface area contributed by atoms with Gasteiger partial charge in [-0.05, 0) is 45.4 Å². The van der Waals surface area contributed by atoms with Crippen LogP contribution in [0.25, 0.3) is 15.9 Å². The number of aromatic nitrogens is 5. The Morgan fingerprint density at radius 3 is 2.64 bits per heavy atom. The van der Waals surface area contributed by atoms with Gasteiger partial charge in [-0.15, -0.1) is 11.3 Å². The lowest BCUT2D eigenvalue weighted by Gasteiger charge is -2.14. The van der Waals surface area contributed by atoms with E-state index in [-0.39, 0.29) is 11.6 Å². The van der Waals surface area contributed by atoms with Crippen molar-refractivity contribution in [2.45, 2.75) is 44.6 Å². The fourth-order valence-corrected chi connectivity index (χ4v) is 5.11. The fraction of sp³-hybridized carbons (Fsp3) is 0.300. The Labute approximate surface area is 171 Å². The molecule has 28 heavy (non-hydrogen) atoms. The van der Waals surface area contributed by atoms with Crippen molar-refractivity contribution in [1.82, 2.24) is 24.5 Å². The van der Waals surface area contributed by atoms with Crippen molar-refractivity contribution in [2.24, 2.45) is 0 Å². The van der Waals surface area contributed by atoms with Crippen LogP contribution in [0.1, 0.15) is 36.0 Å². The molecule has 0 N–H and O–H groups in total. The zero-order valence-corrected chi connectivity index (χ0v) is 17.8. The summed E-state index contributed by atoms with van der Waals surface area (Å²) in [4.78, 5) is 21.5. The van der Waals surface area contributed by atoms with Crippen molar-refractivity contribution < 1.29 is 0 Å². The molecular formula is C20H21N5OS2. The van der Waals surface area contributed by atoms with Gasteiger partial charge in [-0.3, -0.25) is 9.36 Å². The third-order valence-corrected chi connectivity index (χ3v) is 6.68. The number of rotatable bonds is 5. The molecule has 0 bridgehead atoms. The summed E-state index contributed by atoms with van der Waals surface area (Å²) in [7, 11) is 0. The van der Waals surface area contributed by atoms with Gasteiger partial charge in [0.05, 0.1) is 23.0 Å². The third kappa shape index (κ3) is 3.38. The van der Waals surface area contributed by atoms with Crippen molar-refractivity contribution in [3.8, 4) is 5.69 Å². The van der Waals surface area contributed by atoms with E-state index in [9.17, 15) is 4.79 Å². The largest absolute Gasteiger partial charge is 0.284 e. The van der Waals surface area contributed by atoms with Gasteiger partial charge in [0.15, 0.2) is 5.16 Å². The van der Waals surface area contributed by atoms with E-state index >= 15 is 0 Å². The molecule has 144 valence electrons. The second kappa shape index (κ2) is 7.52. The molecule has 4 rings (SSSR count). The van der Waals surface area contributed by atoms with Crippen LogP contribution in [0.5, 0.6) is 0 Å². The van der Waals surface area contributed by atoms with Crippen LogP contribution in [0.2, 0.25) is 0 Å². The molecule has 0 saturated carbocycles. The molecule has 0 fully saturated rings. The molecule has 0 saturated heterocycles. The van der Waals surface area contributed by atoms with Gasteiger partial charge < -0.3 is 0 Å². The highest BCUT2D eigenvalue weighted by molar-refractivity contribution is 7.98. The Morgan fingerprint density at radius 2 is 1.93 bits per heavy atom. The smallest absolute Gasteiger partial charge is 0.263 e. The first-order chi connectivity index (χ1) is 13.5. The molecule has 8 heteroatoms. The first kappa shape index (κ1) is 18.9. The summed E-state index contributed by atoms with van der Waals surface area (Å²) in [6.07, 6.45) is 1.76. The standard InChI is InChI=1S/C20H21N5OS2/c1-12(2)24-19(26)17-13(3)14(4)28-18(17)22-20(24)27-11-15-10-21-25(23-15)16-8-6-5-7-9-16/h5-10,12H,11H2,1-4H3. The summed E-state index contributed by atoms with van der Waals surface area (Å²) in [5.74, 6) is 0.598. The first-order valence-corrected chi connectivity index (χ1v) is 10.9. The third-order valence-electron chi connectivity index (χ3n) is 4.59. The van der Waals surface area contributed by atoms with Crippen LogP contribution in [-0.4, -0.2) is 24.5 Å². The molecular weight excluding hydrogens is 390 g/mol. The van der Waals surface area contributed by atoms with Crippen molar-refractivity contribution >= 4 is 33.3 Å². The van der Waals surface area contributed by atoms with Crippen molar-refractivity contribution in [2.75, 3.05) is 0 Å². The van der Waals surface area contributed by atoms with Gasteiger partial charge in [0.25, 0.3) is 5.56 Å². The predicted octanol–water partition coefficient (Wildman–Crippen LogP) is 4.53. The summed E-state index contributed by atoms with van der Waals surface area (Å²) < 4.78 is 1.79. The average Bonchev–Trinajstić information content (AvgIpc) is 3.25. The summed E-state index contributed by atoms with van der Waals surface area (Å²) in [5, 5.41) is 10.4. The number of para-hydroxylation sites is 1. The van der Waals surface area contributed by atoms with Crippen LogP contribution in [0.3, 0.4) is 0 Å². The van der Waals surface area contributed by atoms with E-state index in [0.717, 1.165) is 37.2 Å². The van der Waals surface area contributed by atoms with Gasteiger partial charge in [-0.25, -0.2) is 4.98 Å². The SMILES string of the molecule is Cc1sc2nc(SCc3cnn(-c4ccccc4)n3)n(C(C)C)c(=O)c2c1C. The molecule has 0 aliphatic carbocycles. The summed E-state index contributed by atoms with van der Waals surface area (Å²) in [5.41, 5.74) is 2.84. The monoisotopic (exact) mass is 411 g/mol. The summed E-state index contributed by atoms with van der Waals surface area (Å²) in [6.45, 7) is 8.06. The van der Waals surface area contributed by atoms with Gasteiger partial charge in [-0.2, -0.15) is 15.0 Å². The van der Waals surface area contributed by atoms with Gasteiger partial charge in [0.2, 0.25) is 0 Å². The maximum Gasteiger partial charge on any atom is 0.263 e. The molecule has 0 aliphatic rings. The molecule has 0 amide bonds. The van der Waals surface area contributed by atoms with E-state index in [1.807, 2.05) is 58.0 Å². The van der Waals surface area contributed by atoms with E-state index in [4.69, 9.17) is 4.98 Å². The lowest BCUT2D eigenvalue weighted by atomic mass is 10.2. The Hall–Kier alpha value is -2.45. The van der Waals surface area contributed by atoms with Crippen LogP contribution >= 0.6 is 23.1 Å². The van der Waals surface area contributed by atoms with E-state index in [1.165, 1.54) is 11.8 Å². The number of aryl methyl sites for hydroxylation is 2. The quantitative estimate of drug-likeness (QED) is 0.357. The highest BCUT2D eigenvalue weighted by Gasteiger charge is 2.18. The maximum absolute atomic E-state index is 13.1. The fourth-order valence-electron chi connectivity index (χ4n) is 3.03. The minimum Gasteiger partial charge on any atom is -0.284 e. The Balaban J connectivity index is 1.66. The minimum atomic E-state index is 0.0338. The molecule has 0 atom stereocenters. The van der Waals surface area contributed by atoms with Gasteiger partial charge in [0, 0.05) is 16.7 Å². The first-order valence-electron chi connectivity index (χ1n) is 9.07. The van der Waals surface area contributed by atoms with Crippen LogP contribution < -0.4 is 5.56 Å². The molecule has 3 aromatic heterocycles. The van der Waals surface area contributed by atoms with Gasteiger partial charge in [-0.1, -0.05) is 30.0 Å². The van der Waals surface area contributed by atoms with Crippen LogP contribution in [0, 0.1) is 13.8 Å². The average molecular weight is 412 g/mol. The molecule has 0 aliphatic heterocycles. The number of hydrogen-bond donors (Lipinski definition) is 0. The molecule has 4 aromatic rings. The zero-order chi connectivity index (χ0) is 19.8. The molecule has 0 spiro atoms. The topological polar surface area (TPSA) is 65.6 Å². The van der Waals surface area contributed by atoms with E-state index in [0.29, 0.717) is 5.75 Å². The normalized spacial score (nSPS) is 11.6. The number of nitrogens with zero attached hydrogens (tertiary/aromatic N) is 5. The van der Waals surface area contributed by atoms with E-state index < -0.39 is 0 Å². The highest BCUT2D eigenvalue weighted by atomic mass is 32.2. The molecule has 0 unspecified atom stereocenters. The summed E-state index contributed by atoms with van der Waals surface area (Å²) in [6, 6.07) is 9.84. The van der Waals surface area contributed by atoms with Gasteiger partial charge in [0.1, 0.15) is 4.83 Å². The Bertz CT molecular complexity index is 1190. The van der Waals surface area contributed by atoms with Gasteiger partial charge >= 0.3 is 0 Å². The van der Waals surface area contributed by atoms with Crippen molar-refractivity contribution in [1.29, 1.82) is 0 Å². The maximum atomic E-state index is 13.1. The number of benzene rings is 1. The van der Waals surface area contributed by atoms with Crippen LogP contribution in [-0.2, 0) is 5.75 Å². The minimum absolute atomic E-state index is 0.0338. The van der Waals surface area contributed by atoms with Crippen LogP contribution in [0.4, 0.5) is 0 Å². The van der Waals surface area contributed by atoms with E-state index in [1.54, 1.807) is 26.9 Å². The lowest BCUT2D eigenvalue weighted by molar-refractivity contribution is 0.519. The highest BCUT2D eigenvalue weighted by Crippen LogP contribution is 2.30. The second-order valence-corrected chi connectivity index (χ2v) is 9.02. The van der Waals surface area contributed by atoms with E-state index in [2.05, 4.69) is 10.2 Å². The summed E-state index contributed by atoms with van der Waals surface area (Å²) >= 11 is 3.10. The van der Waals surface area contributed by atoms with Crippen LogP contribution in [0.15, 0.2) is 46.5 Å². The molecule has 6 nitrogen and oxygen atoms in total. The van der Waals surface area contributed by atoms with Crippen molar-refractivity contribution in [3.05, 3.63) is 63.0 Å². The molecule has 1 aromatic carbocycles. The molecule has 0 radical (unpaired) electrons. The Kier molecular flexibility index (Phi) is 5.07. The predicted molar refractivity (Wildman–Crippen MR) is 115 cm³/mol. The number of fused-ring (bicyclic) bond motifs is 1. The van der Waals surface area contributed by atoms with Crippen molar-refractivity contribution in [3.63, 3.8) is 0 Å². The Morgan fingerprint density at radius 1 is 1.18 bits per heavy atom. The number of thioether (sulfide) groups is 1. The zero-order valence-electron chi connectivity index (χ0n) is 16.2. The second-order valence-electron chi connectivity index (χ2n) is 6.88. The lowest BCUT2D eigenvalue weighted by Crippen LogP contribution is -2.24. The molecule has 3 heterocycles. The number of hydrogen-bond acceptors (Lipinski definition) is 6.